The Morgan fingerprint density at radius 1 is 1.17 bits per heavy atom. The molecule has 0 bridgehead atoms. The van der Waals surface area contributed by atoms with E-state index in [1.807, 2.05) is 32.0 Å². The van der Waals surface area contributed by atoms with Gasteiger partial charge in [-0.2, -0.15) is 0 Å². The number of ether oxygens (including phenoxy) is 1. The fraction of sp³-hybridized carbons (Fsp3) is 0.353. The zero-order chi connectivity index (χ0) is 17.1. The summed E-state index contributed by atoms with van der Waals surface area (Å²) in [5.41, 5.74) is 3.21. The highest BCUT2D eigenvalue weighted by Gasteiger charge is 2.36. The van der Waals surface area contributed by atoms with E-state index in [2.05, 4.69) is 10.6 Å². The average molecular weight is 316 g/mol. The van der Waals surface area contributed by atoms with Gasteiger partial charge in [-0.3, -0.25) is 9.59 Å². The summed E-state index contributed by atoms with van der Waals surface area (Å²) in [5, 5.41) is 5.35. The van der Waals surface area contributed by atoms with Crippen LogP contribution in [0.25, 0.3) is 0 Å². The maximum absolute atomic E-state index is 12.6. The fourth-order valence-electron chi connectivity index (χ4n) is 2.78. The largest absolute Gasteiger partial charge is 0.466 e. The summed E-state index contributed by atoms with van der Waals surface area (Å²) in [7, 11) is 1.25. The van der Waals surface area contributed by atoms with Gasteiger partial charge < -0.3 is 15.4 Å². The first-order valence-electron chi connectivity index (χ1n) is 7.30. The van der Waals surface area contributed by atoms with Gasteiger partial charge in [0, 0.05) is 17.8 Å². The number of allylic oxidation sites excluding steroid dienone is 1. The van der Waals surface area contributed by atoms with Crippen LogP contribution in [0.3, 0.4) is 0 Å². The van der Waals surface area contributed by atoms with E-state index in [0.717, 1.165) is 11.1 Å². The Morgan fingerprint density at radius 3 is 2.35 bits per heavy atom. The van der Waals surface area contributed by atoms with Gasteiger partial charge in [-0.1, -0.05) is 6.07 Å². The molecule has 1 aromatic carbocycles. The van der Waals surface area contributed by atoms with Gasteiger partial charge in [0.2, 0.25) is 11.8 Å². The maximum atomic E-state index is 12.6. The first-order valence-corrected chi connectivity index (χ1v) is 7.30. The van der Waals surface area contributed by atoms with Gasteiger partial charge in [0.05, 0.1) is 18.6 Å². The molecule has 0 saturated carbocycles. The number of hydrogen-bond donors (Lipinski definition) is 2. The lowest BCUT2D eigenvalue weighted by atomic mass is 9.89. The number of amides is 2. The molecular weight excluding hydrogens is 296 g/mol. The van der Waals surface area contributed by atoms with Gasteiger partial charge in [0.1, 0.15) is 0 Å². The first-order chi connectivity index (χ1) is 10.8. The van der Waals surface area contributed by atoms with Crippen LogP contribution >= 0.6 is 0 Å². The lowest BCUT2D eigenvalue weighted by Crippen LogP contribution is -2.40. The van der Waals surface area contributed by atoms with Crippen LogP contribution in [0.15, 0.2) is 29.5 Å². The smallest absolute Gasteiger partial charge is 0.336 e. The number of hydrogen-bond acceptors (Lipinski definition) is 4. The SMILES string of the molecule is COC(=O)C1=C(C)NC(=O)CC1C(=O)Nc1cc(C)cc(C)c1. The lowest BCUT2D eigenvalue weighted by Gasteiger charge is -2.25. The molecule has 1 aliphatic heterocycles. The minimum Gasteiger partial charge on any atom is -0.466 e. The molecule has 1 heterocycles. The number of anilines is 1. The highest BCUT2D eigenvalue weighted by molar-refractivity contribution is 6.06. The Hall–Kier alpha value is -2.63. The Morgan fingerprint density at radius 2 is 1.78 bits per heavy atom. The number of esters is 1. The van der Waals surface area contributed by atoms with E-state index >= 15 is 0 Å². The molecule has 1 atom stereocenters. The van der Waals surface area contributed by atoms with E-state index in [1.165, 1.54) is 7.11 Å². The summed E-state index contributed by atoms with van der Waals surface area (Å²) in [4.78, 5) is 36.3. The molecule has 122 valence electrons. The van der Waals surface area contributed by atoms with Gasteiger partial charge in [-0.15, -0.1) is 0 Å². The van der Waals surface area contributed by atoms with Crippen LogP contribution < -0.4 is 10.6 Å². The Kier molecular flexibility index (Phi) is 4.83. The number of nitrogens with one attached hydrogen (secondary N) is 2. The van der Waals surface area contributed by atoms with Crippen molar-refractivity contribution in [3.05, 3.63) is 40.6 Å². The standard InChI is InChI=1S/C17H20N2O4/c1-9-5-10(2)7-12(6-9)19-16(21)13-8-14(20)18-11(3)15(13)17(22)23-4/h5-7,13H,8H2,1-4H3,(H,18,20)(H,19,21). The summed E-state index contributed by atoms with van der Waals surface area (Å²) in [5.74, 6) is -2.17. The Labute approximate surface area is 134 Å². The average Bonchev–Trinajstić information content (AvgIpc) is 2.44. The van der Waals surface area contributed by atoms with E-state index in [9.17, 15) is 14.4 Å². The van der Waals surface area contributed by atoms with Crippen molar-refractivity contribution in [1.29, 1.82) is 0 Å². The fourth-order valence-corrected chi connectivity index (χ4v) is 2.78. The van der Waals surface area contributed by atoms with Gasteiger partial charge in [0.25, 0.3) is 0 Å². The predicted molar refractivity (Wildman–Crippen MR) is 85.5 cm³/mol. The van der Waals surface area contributed by atoms with Gasteiger partial charge in [-0.05, 0) is 44.0 Å². The third kappa shape index (κ3) is 3.77. The van der Waals surface area contributed by atoms with Crippen molar-refractivity contribution in [2.24, 2.45) is 5.92 Å². The molecule has 23 heavy (non-hydrogen) atoms. The predicted octanol–water partition coefficient (Wildman–Crippen LogP) is 1.83. The molecule has 2 rings (SSSR count). The molecule has 2 N–H and O–H groups in total. The van der Waals surface area contributed by atoms with E-state index in [1.54, 1.807) is 6.92 Å². The van der Waals surface area contributed by atoms with Gasteiger partial charge in [0.15, 0.2) is 0 Å². The Balaban J connectivity index is 2.30. The van der Waals surface area contributed by atoms with Gasteiger partial charge in [-0.25, -0.2) is 4.79 Å². The van der Waals surface area contributed by atoms with E-state index in [4.69, 9.17) is 4.74 Å². The van der Waals surface area contributed by atoms with Crippen molar-refractivity contribution < 1.29 is 19.1 Å². The molecule has 0 fully saturated rings. The van der Waals surface area contributed by atoms with Crippen molar-refractivity contribution >= 4 is 23.5 Å². The van der Waals surface area contributed by atoms with Crippen molar-refractivity contribution in [3.63, 3.8) is 0 Å². The summed E-state index contributed by atoms with van der Waals surface area (Å²) < 4.78 is 4.74. The monoisotopic (exact) mass is 316 g/mol. The van der Waals surface area contributed by atoms with Crippen molar-refractivity contribution in [3.8, 4) is 0 Å². The molecule has 2 amide bonds. The molecule has 1 unspecified atom stereocenters. The molecule has 0 saturated heterocycles. The third-order valence-electron chi connectivity index (χ3n) is 3.68. The van der Waals surface area contributed by atoms with Crippen molar-refractivity contribution in [1.82, 2.24) is 5.32 Å². The topological polar surface area (TPSA) is 84.5 Å². The van der Waals surface area contributed by atoms with Crippen LogP contribution in [0, 0.1) is 19.8 Å². The zero-order valence-electron chi connectivity index (χ0n) is 13.6. The molecule has 0 spiro atoms. The van der Waals surface area contributed by atoms with Crippen LogP contribution in [0.5, 0.6) is 0 Å². The minimum absolute atomic E-state index is 0.0849. The third-order valence-corrected chi connectivity index (χ3v) is 3.68. The summed E-state index contributed by atoms with van der Waals surface area (Å²) in [6, 6.07) is 5.66. The second kappa shape index (κ2) is 6.64. The lowest BCUT2D eigenvalue weighted by molar-refractivity contribution is -0.139. The molecule has 6 heteroatoms. The molecule has 0 aromatic heterocycles. The van der Waals surface area contributed by atoms with Crippen LogP contribution in [0.1, 0.15) is 24.5 Å². The van der Waals surface area contributed by atoms with E-state index in [0.29, 0.717) is 11.4 Å². The quantitative estimate of drug-likeness (QED) is 0.833. The molecule has 0 aliphatic carbocycles. The Bertz CT molecular complexity index is 686. The molecule has 6 nitrogen and oxygen atoms in total. The van der Waals surface area contributed by atoms with Gasteiger partial charge >= 0.3 is 5.97 Å². The number of carbonyl (C=O) groups excluding carboxylic acids is 3. The van der Waals surface area contributed by atoms with Crippen LogP contribution in [0.2, 0.25) is 0 Å². The number of methoxy groups -OCH3 is 1. The van der Waals surface area contributed by atoms with Crippen molar-refractivity contribution in [2.75, 3.05) is 12.4 Å². The number of rotatable bonds is 3. The highest BCUT2D eigenvalue weighted by atomic mass is 16.5. The van der Waals surface area contributed by atoms with E-state index < -0.39 is 17.8 Å². The molecule has 1 aliphatic rings. The highest BCUT2D eigenvalue weighted by Crippen LogP contribution is 2.26. The number of benzene rings is 1. The normalized spacial score (nSPS) is 17.6. The summed E-state index contributed by atoms with van der Waals surface area (Å²) in [6.45, 7) is 5.45. The van der Waals surface area contributed by atoms with Crippen LogP contribution in [-0.4, -0.2) is 24.9 Å². The first kappa shape index (κ1) is 16.7. The van der Waals surface area contributed by atoms with E-state index in [-0.39, 0.29) is 17.9 Å². The zero-order valence-corrected chi connectivity index (χ0v) is 13.6. The van der Waals surface area contributed by atoms with Crippen LogP contribution in [-0.2, 0) is 19.1 Å². The number of aryl methyl sites for hydroxylation is 2. The second-order valence-corrected chi connectivity index (χ2v) is 5.70. The summed E-state index contributed by atoms with van der Waals surface area (Å²) >= 11 is 0. The molecule has 0 radical (unpaired) electrons. The van der Waals surface area contributed by atoms with Crippen molar-refractivity contribution in [2.45, 2.75) is 27.2 Å². The maximum Gasteiger partial charge on any atom is 0.336 e. The summed E-state index contributed by atoms with van der Waals surface area (Å²) in [6.07, 6.45) is -0.0849. The molecule has 1 aromatic rings. The minimum atomic E-state index is -0.864. The second-order valence-electron chi connectivity index (χ2n) is 5.70. The van der Waals surface area contributed by atoms with Crippen LogP contribution in [0.4, 0.5) is 5.69 Å². The number of carbonyl (C=O) groups is 3. The molecular formula is C17H20N2O4.